The maximum atomic E-state index is 10.1. The van der Waals surface area contributed by atoms with Crippen LogP contribution in [0.5, 0.6) is 0 Å². The third-order valence-corrected chi connectivity index (χ3v) is 1.74. The van der Waals surface area contributed by atoms with Crippen LogP contribution in [0, 0.1) is 0 Å². The summed E-state index contributed by atoms with van der Waals surface area (Å²) in [5, 5.41) is 17.3. The smallest absolute Gasteiger partial charge is 0.336 e. The van der Waals surface area contributed by atoms with Crippen LogP contribution in [-0.2, 0) is 4.79 Å². The van der Waals surface area contributed by atoms with Crippen molar-refractivity contribution in [3.63, 3.8) is 0 Å². The molecule has 1 atom stereocenters. The molecule has 0 aromatic carbocycles. The maximum absolute atomic E-state index is 10.1. The van der Waals surface area contributed by atoms with Crippen LogP contribution in [0.1, 0.15) is 6.92 Å². The lowest BCUT2D eigenvalue weighted by Gasteiger charge is -2.14. The van der Waals surface area contributed by atoms with Gasteiger partial charge in [0.2, 0.25) is 0 Å². The van der Waals surface area contributed by atoms with Gasteiger partial charge in [0.15, 0.2) is 5.60 Å². The van der Waals surface area contributed by atoms with E-state index in [9.17, 15) is 4.79 Å². The van der Waals surface area contributed by atoms with Crippen molar-refractivity contribution in [3.05, 3.63) is 0 Å². The van der Waals surface area contributed by atoms with Gasteiger partial charge in [0.05, 0.1) is 0 Å². The fourth-order valence-electron chi connectivity index (χ4n) is 0.343. The summed E-state index contributed by atoms with van der Waals surface area (Å²) in [6.45, 7) is 1.28. The molecule has 3 nitrogen and oxygen atoms in total. The first-order valence-corrected chi connectivity index (χ1v) is 3.85. The van der Waals surface area contributed by atoms with Gasteiger partial charge >= 0.3 is 5.97 Å². The Morgan fingerprint density at radius 3 is 2.33 bits per heavy atom. The molecular formula is C5H10O3S. The highest BCUT2D eigenvalue weighted by atomic mass is 32.2. The van der Waals surface area contributed by atoms with Crippen molar-refractivity contribution < 1.29 is 15.0 Å². The third kappa shape index (κ3) is 2.72. The first-order chi connectivity index (χ1) is 4.00. The van der Waals surface area contributed by atoms with Gasteiger partial charge in [-0.2, -0.15) is 11.8 Å². The van der Waals surface area contributed by atoms with Gasteiger partial charge in [-0.05, 0) is 13.2 Å². The van der Waals surface area contributed by atoms with Crippen molar-refractivity contribution in [2.75, 3.05) is 12.0 Å². The molecule has 0 bridgehead atoms. The number of carboxylic acid groups (broad SMARTS) is 1. The van der Waals surface area contributed by atoms with Crippen molar-refractivity contribution in [2.45, 2.75) is 12.5 Å². The summed E-state index contributed by atoms with van der Waals surface area (Å²) >= 11 is 1.31. The Balaban J connectivity index is 3.85. The number of aliphatic hydroxyl groups is 1. The molecule has 0 aliphatic carbocycles. The van der Waals surface area contributed by atoms with Crippen LogP contribution in [0.25, 0.3) is 0 Å². The molecule has 4 heteroatoms. The van der Waals surface area contributed by atoms with Gasteiger partial charge in [-0.3, -0.25) is 0 Å². The lowest BCUT2D eigenvalue weighted by molar-refractivity contribution is -0.154. The number of hydrogen-bond acceptors (Lipinski definition) is 3. The number of rotatable bonds is 3. The van der Waals surface area contributed by atoms with Crippen LogP contribution >= 0.6 is 11.8 Å². The Bertz CT molecular complexity index is 111. The van der Waals surface area contributed by atoms with Crippen molar-refractivity contribution in [3.8, 4) is 0 Å². The standard InChI is InChI=1S/C5H10O3S/c1-5(8,3-9-2)4(6)7/h8H,3H2,1-2H3,(H,6,7). The van der Waals surface area contributed by atoms with E-state index in [1.54, 1.807) is 6.26 Å². The molecule has 0 radical (unpaired) electrons. The molecule has 0 saturated heterocycles. The Morgan fingerprint density at radius 1 is 1.78 bits per heavy atom. The van der Waals surface area contributed by atoms with E-state index < -0.39 is 11.6 Å². The largest absolute Gasteiger partial charge is 0.479 e. The molecule has 0 fully saturated rings. The minimum Gasteiger partial charge on any atom is -0.479 e. The average molecular weight is 150 g/mol. The molecule has 0 spiro atoms. The molecule has 0 aromatic heterocycles. The van der Waals surface area contributed by atoms with Gasteiger partial charge in [0.25, 0.3) is 0 Å². The SMILES string of the molecule is CSCC(C)(O)C(=O)O. The fraction of sp³-hybridized carbons (Fsp3) is 0.800. The molecule has 54 valence electrons. The van der Waals surface area contributed by atoms with Gasteiger partial charge in [-0.15, -0.1) is 0 Å². The summed E-state index contributed by atoms with van der Waals surface area (Å²) in [6, 6.07) is 0. The summed E-state index contributed by atoms with van der Waals surface area (Å²) < 4.78 is 0. The average Bonchev–Trinajstić information content (AvgIpc) is 1.65. The molecule has 9 heavy (non-hydrogen) atoms. The molecule has 0 saturated carbocycles. The number of carboxylic acids is 1. The quantitative estimate of drug-likeness (QED) is 0.602. The highest BCUT2D eigenvalue weighted by Crippen LogP contribution is 2.09. The first kappa shape index (κ1) is 8.78. The monoisotopic (exact) mass is 150 g/mol. The molecule has 2 N–H and O–H groups in total. The Kier molecular flexibility index (Phi) is 3.00. The van der Waals surface area contributed by atoms with E-state index in [2.05, 4.69) is 0 Å². The van der Waals surface area contributed by atoms with E-state index in [1.165, 1.54) is 18.7 Å². The van der Waals surface area contributed by atoms with Crippen LogP contribution in [-0.4, -0.2) is 33.8 Å². The summed E-state index contributed by atoms with van der Waals surface area (Å²) in [6.07, 6.45) is 1.75. The highest BCUT2D eigenvalue weighted by Gasteiger charge is 2.28. The van der Waals surface area contributed by atoms with Crippen LogP contribution in [0.2, 0.25) is 0 Å². The van der Waals surface area contributed by atoms with Crippen molar-refractivity contribution in [1.82, 2.24) is 0 Å². The van der Waals surface area contributed by atoms with Crippen LogP contribution < -0.4 is 0 Å². The Labute approximate surface area is 58.1 Å². The third-order valence-electron chi connectivity index (χ3n) is 0.886. The summed E-state index contributed by atoms with van der Waals surface area (Å²) in [5.41, 5.74) is -1.57. The summed E-state index contributed by atoms with van der Waals surface area (Å²) in [4.78, 5) is 10.1. The molecule has 1 unspecified atom stereocenters. The van der Waals surface area contributed by atoms with Crippen LogP contribution in [0.4, 0.5) is 0 Å². The predicted octanol–water partition coefficient (Wildman–Crippen LogP) is 0.185. The van der Waals surface area contributed by atoms with Gasteiger partial charge in [-0.1, -0.05) is 0 Å². The molecule has 0 amide bonds. The van der Waals surface area contributed by atoms with E-state index in [-0.39, 0.29) is 5.75 Å². The minimum absolute atomic E-state index is 0.225. The van der Waals surface area contributed by atoms with Crippen molar-refractivity contribution in [2.24, 2.45) is 0 Å². The summed E-state index contributed by atoms with van der Waals surface area (Å²) in [5.74, 6) is -0.945. The zero-order chi connectivity index (χ0) is 7.49. The highest BCUT2D eigenvalue weighted by molar-refractivity contribution is 7.98. The van der Waals surface area contributed by atoms with E-state index in [1.807, 2.05) is 0 Å². The lowest BCUT2D eigenvalue weighted by Crippen LogP contribution is -2.37. The zero-order valence-electron chi connectivity index (χ0n) is 5.42. The second-order valence-electron chi connectivity index (χ2n) is 2.01. The molecular weight excluding hydrogens is 140 g/mol. The number of thioether (sulfide) groups is 1. The van der Waals surface area contributed by atoms with Crippen LogP contribution in [0.15, 0.2) is 0 Å². The Morgan fingerprint density at radius 2 is 2.22 bits per heavy atom. The first-order valence-electron chi connectivity index (χ1n) is 2.45. The topological polar surface area (TPSA) is 57.5 Å². The van der Waals surface area contributed by atoms with E-state index in [0.29, 0.717) is 0 Å². The van der Waals surface area contributed by atoms with Gasteiger partial charge in [-0.25, -0.2) is 4.79 Å². The second kappa shape index (κ2) is 3.08. The second-order valence-corrected chi connectivity index (χ2v) is 2.88. The summed E-state index contributed by atoms with van der Waals surface area (Å²) in [7, 11) is 0. The number of carbonyl (C=O) groups is 1. The van der Waals surface area contributed by atoms with Gasteiger partial charge < -0.3 is 10.2 Å². The normalized spacial score (nSPS) is 16.8. The zero-order valence-corrected chi connectivity index (χ0v) is 6.23. The number of hydrogen-bond donors (Lipinski definition) is 2. The van der Waals surface area contributed by atoms with Gasteiger partial charge in [0, 0.05) is 5.75 Å². The molecule has 0 aliphatic heterocycles. The van der Waals surface area contributed by atoms with E-state index in [0.717, 1.165) is 0 Å². The Hall–Kier alpha value is -0.220. The molecule has 0 rings (SSSR count). The minimum atomic E-state index is -1.57. The van der Waals surface area contributed by atoms with Crippen molar-refractivity contribution >= 4 is 17.7 Å². The van der Waals surface area contributed by atoms with Crippen LogP contribution in [0.3, 0.4) is 0 Å². The van der Waals surface area contributed by atoms with E-state index >= 15 is 0 Å². The predicted molar refractivity (Wildman–Crippen MR) is 36.6 cm³/mol. The van der Waals surface area contributed by atoms with Crippen molar-refractivity contribution in [1.29, 1.82) is 0 Å². The fourth-order valence-corrected chi connectivity index (χ4v) is 1.03. The molecule has 0 aromatic rings. The maximum Gasteiger partial charge on any atom is 0.336 e. The van der Waals surface area contributed by atoms with Gasteiger partial charge in [0.1, 0.15) is 0 Å². The van der Waals surface area contributed by atoms with E-state index in [4.69, 9.17) is 10.2 Å². The number of aliphatic carboxylic acids is 1. The lowest BCUT2D eigenvalue weighted by atomic mass is 10.1. The molecule has 0 aliphatic rings. The molecule has 0 heterocycles.